The molecule has 1 aliphatic heterocycles. The number of aromatic amines is 1. The lowest BCUT2D eigenvalue weighted by Crippen LogP contribution is -2.44. The number of benzene rings is 2. The van der Waals surface area contributed by atoms with Crippen molar-refractivity contribution in [3.63, 3.8) is 0 Å². The number of likely N-dealkylation sites (N-methyl/N-ethyl adjacent to an activating group) is 1. The van der Waals surface area contributed by atoms with Crippen molar-refractivity contribution < 1.29 is 5.11 Å². The number of piperazine rings is 1. The van der Waals surface area contributed by atoms with E-state index in [9.17, 15) is 5.11 Å². The number of hydrogen-bond acceptors (Lipinski definition) is 5. The van der Waals surface area contributed by atoms with Crippen molar-refractivity contribution in [2.45, 2.75) is 13.8 Å². The average Bonchev–Trinajstić information content (AvgIpc) is 3.12. The van der Waals surface area contributed by atoms with Crippen molar-refractivity contribution in [2.24, 2.45) is 0 Å². The molecule has 1 aromatic heterocycles. The van der Waals surface area contributed by atoms with Crippen LogP contribution in [0.4, 0.5) is 11.4 Å². The maximum atomic E-state index is 10.6. The van der Waals surface area contributed by atoms with Gasteiger partial charge in [-0.3, -0.25) is 0 Å². The van der Waals surface area contributed by atoms with Crippen LogP contribution in [0, 0.1) is 0 Å². The van der Waals surface area contributed by atoms with E-state index in [1.165, 1.54) is 5.69 Å². The molecule has 0 bridgehead atoms. The third kappa shape index (κ3) is 3.52. The Balaban J connectivity index is 1.63. The van der Waals surface area contributed by atoms with Crippen LogP contribution < -0.4 is 9.80 Å². The lowest BCUT2D eigenvalue weighted by Gasteiger charge is -2.34. The maximum Gasteiger partial charge on any atom is 0.142 e. The summed E-state index contributed by atoms with van der Waals surface area (Å²) in [6.07, 6.45) is 0. The monoisotopic (exact) mass is 379 g/mol. The number of phenolic OH excluding ortho intramolecular Hbond substituents is 1. The molecule has 6 nitrogen and oxygen atoms in total. The highest BCUT2D eigenvalue weighted by molar-refractivity contribution is 5.84. The second-order valence-corrected chi connectivity index (χ2v) is 7.45. The van der Waals surface area contributed by atoms with Gasteiger partial charge in [0.15, 0.2) is 0 Å². The Kier molecular flexibility index (Phi) is 5.13. The lowest BCUT2D eigenvalue weighted by molar-refractivity contribution is 0.313. The Hall–Kier alpha value is -2.73. The summed E-state index contributed by atoms with van der Waals surface area (Å²) in [5.74, 6) is 0.955. The molecule has 1 fully saturated rings. The van der Waals surface area contributed by atoms with Crippen LogP contribution in [0.1, 0.15) is 13.8 Å². The summed E-state index contributed by atoms with van der Waals surface area (Å²) in [5.41, 5.74) is 4.89. The predicted octanol–water partition coefficient (Wildman–Crippen LogP) is 3.53. The molecule has 148 valence electrons. The highest BCUT2D eigenvalue weighted by Gasteiger charge is 2.16. The van der Waals surface area contributed by atoms with Crippen LogP contribution in [0.15, 0.2) is 36.4 Å². The number of aromatic hydroxyl groups is 1. The lowest BCUT2D eigenvalue weighted by atomic mass is 10.1. The number of phenols is 1. The van der Waals surface area contributed by atoms with Gasteiger partial charge in [0.2, 0.25) is 0 Å². The molecule has 0 aliphatic carbocycles. The molecular weight excluding hydrogens is 350 g/mol. The molecule has 0 atom stereocenters. The van der Waals surface area contributed by atoms with E-state index in [-0.39, 0.29) is 5.75 Å². The Morgan fingerprint density at radius 2 is 1.79 bits per heavy atom. The molecule has 28 heavy (non-hydrogen) atoms. The largest absolute Gasteiger partial charge is 0.507 e. The van der Waals surface area contributed by atoms with Gasteiger partial charge in [-0.1, -0.05) is 0 Å². The van der Waals surface area contributed by atoms with Gasteiger partial charge in [0.05, 0.1) is 16.6 Å². The van der Waals surface area contributed by atoms with E-state index in [0.29, 0.717) is 5.82 Å². The van der Waals surface area contributed by atoms with E-state index >= 15 is 0 Å². The average molecular weight is 380 g/mol. The summed E-state index contributed by atoms with van der Waals surface area (Å²) in [4.78, 5) is 15.1. The standard InChI is InChI=1S/C22H29N5O/c1-4-26(5-2)17-6-8-18(21(28)15-17)22-23-19-9-7-16(14-20(19)24-22)27-12-10-25(3)11-13-27/h6-9,14-15,28H,4-5,10-13H2,1-3H3,(H,23,24). The van der Waals surface area contributed by atoms with E-state index in [2.05, 4.69) is 58.8 Å². The first-order chi connectivity index (χ1) is 13.6. The highest BCUT2D eigenvalue weighted by atomic mass is 16.3. The summed E-state index contributed by atoms with van der Waals surface area (Å²) in [5, 5.41) is 10.6. The molecule has 1 aliphatic rings. The molecule has 2 aromatic carbocycles. The molecule has 6 heteroatoms. The summed E-state index contributed by atoms with van der Waals surface area (Å²) in [7, 11) is 2.17. The molecule has 0 unspecified atom stereocenters. The summed E-state index contributed by atoms with van der Waals surface area (Å²) < 4.78 is 0. The first-order valence-corrected chi connectivity index (χ1v) is 10.1. The van der Waals surface area contributed by atoms with Crippen molar-refractivity contribution in [3.8, 4) is 17.1 Å². The molecule has 0 spiro atoms. The van der Waals surface area contributed by atoms with Gasteiger partial charge < -0.3 is 24.8 Å². The quantitative estimate of drug-likeness (QED) is 0.710. The zero-order chi connectivity index (χ0) is 19.7. The van der Waals surface area contributed by atoms with Crippen LogP contribution in [-0.4, -0.2) is 66.3 Å². The number of fused-ring (bicyclic) bond motifs is 1. The van der Waals surface area contributed by atoms with Gasteiger partial charge in [-0.25, -0.2) is 4.98 Å². The van der Waals surface area contributed by atoms with E-state index in [1.807, 2.05) is 18.2 Å². The van der Waals surface area contributed by atoms with E-state index in [1.54, 1.807) is 0 Å². The molecule has 2 heterocycles. The zero-order valence-corrected chi connectivity index (χ0v) is 16.9. The third-order valence-electron chi connectivity index (χ3n) is 5.70. The second kappa shape index (κ2) is 7.72. The fraction of sp³-hybridized carbons (Fsp3) is 0.409. The number of H-pyrrole nitrogens is 1. The molecule has 2 N–H and O–H groups in total. The molecule has 4 rings (SSSR count). The normalized spacial score (nSPS) is 15.3. The Morgan fingerprint density at radius 3 is 2.46 bits per heavy atom. The smallest absolute Gasteiger partial charge is 0.142 e. The van der Waals surface area contributed by atoms with Crippen molar-refractivity contribution >= 4 is 22.4 Å². The SMILES string of the molecule is CCN(CC)c1ccc(-c2nc3ccc(N4CCN(C)CC4)cc3[nH]2)c(O)c1. The third-order valence-corrected chi connectivity index (χ3v) is 5.70. The molecule has 1 saturated heterocycles. The first-order valence-electron chi connectivity index (χ1n) is 10.1. The van der Waals surface area contributed by atoms with Crippen LogP contribution >= 0.6 is 0 Å². The van der Waals surface area contributed by atoms with Crippen LogP contribution in [0.2, 0.25) is 0 Å². The Morgan fingerprint density at radius 1 is 1.04 bits per heavy atom. The van der Waals surface area contributed by atoms with E-state index < -0.39 is 0 Å². The van der Waals surface area contributed by atoms with Gasteiger partial charge in [0, 0.05) is 56.7 Å². The Labute approximate surface area is 166 Å². The van der Waals surface area contributed by atoms with Gasteiger partial charge in [0.1, 0.15) is 11.6 Å². The van der Waals surface area contributed by atoms with Crippen molar-refractivity contribution in [1.29, 1.82) is 0 Å². The number of rotatable bonds is 5. The Bertz CT molecular complexity index is 955. The van der Waals surface area contributed by atoms with Gasteiger partial charge in [-0.15, -0.1) is 0 Å². The predicted molar refractivity (Wildman–Crippen MR) is 116 cm³/mol. The van der Waals surface area contributed by atoms with Gasteiger partial charge in [0.25, 0.3) is 0 Å². The number of imidazole rings is 1. The maximum absolute atomic E-state index is 10.6. The first kappa shape index (κ1) is 18.6. The topological polar surface area (TPSA) is 58.6 Å². The number of hydrogen-bond donors (Lipinski definition) is 2. The minimum absolute atomic E-state index is 0.253. The molecule has 0 amide bonds. The number of nitrogens with one attached hydrogen (secondary N) is 1. The van der Waals surface area contributed by atoms with E-state index in [0.717, 1.165) is 61.6 Å². The second-order valence-electron chi connectivity index (χ2n) is 7.45. The van der Waals surface area contributed by atoms with Gasteiger partial charge in [-0.2, -0.15) is 0 Å². The van der Waals surface area contributed by atoms with Crippen molar-refractivity contribution in [2.75, 3.05) is 56.1 Å². The summed E-state index contributed by atoms with van der Waals surface area (Å²) >= 11 is 0. The molecule has 0 radical (unpaired) electrons. The molecular formula is C22H29N5O. The van der Waals surface area contributed by atoms with Crippen molar-refractivity contribution in [1.82, 2.24) is 14.9 Å². The van der Waals surface area contributed by atoms with E-state index in [4.69, 9.17) is 4.98 Å². The minimum atomic E-state index is 0.253. The van der Waals surface area contributed by atoms with Gasteiger partial charge in [-0.05, 0) is 51.2 Å². The van der Waals surface area contributed by atoms with Crippen molar-refractivity contribution in [3.05, 3.63) is 36.4 Å². The fourth-order valence-electron chi connectivity index (χ4n) is 3.89. The minimum Gasteiger partial charge on any atom is -0.507 e. The fourth-order valence-corrected chi connectivity index (χ4v) is 3.89. The number of nitrogens with zero attached hydrogens (tertiary/aromatic N) is 4. The number of aromatic nitrogens is 2. The van der Waals surface area contributed by atoms with Crippen LogP contribution in [-0.2, 0) is 0 Å². The zero-order valence-electron chi connectivity index (χ0n) is 16.9. The number of anilines is 2. The van der Waals surface area contributed by atoms with Crippen LogP contribution in [0.3, 0.4) is 0 Å². The summed E-state index contributed by atoms with van der Waals surface area (Å²) in [6, 6.07) is 12.2. The van der Waals surface area contributed by atoms with Gasteiger partial charge >= 0.3 is 0 Å². The van der Waals surface area contributed by atoms with Crippen LogP contribution in [0.5, 0.6) is 5.75 Å². The molecule has 0 saturated carbocycles. The van der Waals surface area contributed by atoms with Crippen LogP contribution in [0.25, 0.3) is 22.4 Å². The summed E-state index contributed by atoms with van der Waals surface area (Å²) in [6.45, 7) is 10.3. The highest BCUT2D eigenvalue weighted by Crippen LogP contribution is 2.33. The molecule has 3 aromatic rings.